The monoisotopic (exact) mass is 252 g/mol. The average Bonchev–Trinajstić information content (AvgIpc) is 2.48. The molecule has 0 atom stereocenters. The SMILES string of the molecule is O=C(CC(=O)c1ccccc1)C(=O)c1ccccc1. The lowest BCUT2D eigenvalue weighted by atomic mass is 10.0. The van der Waals surface area contributed by atoms with Gasteiger partial charge >= 0.3 is 0 Å². The van der Waals surface area contributed by atoms with Crippen molar-refractivity contribution in [2.75, 3.05) is 0 Å². The fourth-order valence-corrected chi connectivity index (χ4v) is 1.70. The van der Waals surface area contributed by atoms with Crippen molar-refractivity contribution >= 4 is 17.3 Å². The molecular weight excluding hydrogens is 240 g/mol. The van der Waals surface area contributed by atoms with E-state index in [2.05, 4.69) is 0 Å². The van der Waals surface area contributed by atoms with E-state index in [0.717, 1.165) is 0 Å². The van der Waals surface area contributed by atoms with Gasteiger partial charge < -0.3 is 0 Å². The molecule has 0 saturated heterocycles. The maximum absolute atomic E-state index is 11.8. The van der Waals surface area contributed by atoms with Gasteiger partial charge in [-0.25, -0.2) is 0 Å². The molecule has 0 unspecified atom stereocenters. The van der Waals surface area contributed by atoms with E-state index in [4.69, 9.17) is 0 Å². The van der Waals surface area contributed by atoms with E-state index in [1.165, 1.54) is 0 Å². The smallest absolute Gasteiger partial charge is 0.229 e. The van der Waals surface area contributed by atoms with Gasteiger partial charge in [-0.2, -0.15) is 0 Å². The summed E-state index contributed by atoms with van der Waals surface area (Å²) < 4.78 is 0. The van der Waals surface area contributed by atoms with Gasteiger partial charge in [0.05, 0.1) is 6.42 Å². The van der Waals surface area contributed by atoms with Crippen molar-refractivity contribution in [3.8, 4) is 0 Å². The first kappa shape index (κ1) is 12.9. The molecule has 0 saturated carbocycles. The van der Waals surface area contributed by atoms with Gasteiger partial charge in [-0.1, -0.05) is 60.7 Å². The highest BCUT2D eigenvalue weighted by atomic mass is 16.2. The van der Waals surface area contributed by atoms with Crippen molar-refractivity contribution in [1.29, 1.82) is 0 Å². The minimum Gasteiger partial charge on any atom is -0.294 e. The van der Waals surface area contributed by atoms with Crippen LogP contribution in [0.15, 0.2) is 60.7 Å². The van der Waals surface area contributed by atoms with E-state index in [9.17, 15) is 14.4 Å². The molecule has 2 rings (SSSR count). The van der Waals surface area contributed by atoms with Gasteiger partial charge in [-0.3, -0.25) is 14.4 Å². The number of Topliss-reactive ketones (excluding diaryl/α,β-unsaturated/α-hetero) is 3. The van der Waals surface area contributed by atoms with Crippen molar-refractivity contribution in [2.24, 2.45) is 0 Å². The maximum atomic E-state index is 11.8. The van der Waals surface area contributed by atoms with Gasteiger partial charge in [-0.05, 0) is 0 Å². The van der Waals surface area contributed by atoms with Crippen LogP contribution in [0.2, 0.25) is 0 Å². The van der Waals surface area contributed by atoms with Gasteiger partial charge in [0, 0.05) is 11.1 Å². The molecular formula is C16H12O3. The van der Waals surface area contributed by atoms with Crippen LogP contribution >= 0.6 is 0 Å². The summed E-state index contributed by atoms with van der Waals surface area (Å²) in [5, 5.41) is 0. The van der Waals surface area contributed by atoms with Crippen LogP contribution in [-0.2, 0) is 4.79 Å². The molecule has 0 heterocycles. The van der Waals surface area contributed by atoms with Gasteiger partial charge in [0.2, 0.25) is 11.6 Å². The number of carbonyl (C=O) groups is 3. The highest BCUT2D eigenvalue weighted by Gasteiger charge is 2.19. The van der Waals surface area contributed by atoms with Crippen LogP contribution in [0.3, 0.4) is 0 Å². The number of ketones is 3. The summed E-state index contributed by atoms with van der Waals surface area (Å²) in [7, 11) is 0. The molecule has 2 aromatic carbocycles. The van der Waals surface area contributed by atoms with E-state index >= 15 is 0 Å². The summed E-state index contributed by atoms with van der Waals surface area (Å²) in [6.45, 7) is 0. The minimum absolute atomic E-state index is 0.313. The Hall–Kier alpha value is -2.55. The van der Waals surface area contributed by atoms with Gasteiger partial charge in [0.15, 0.2) is 5.78 Å². The summed E-state index contributed by atoms with van der Waals surface area (Å²) in [5.41, 5.74) is 0.755. The Bertz CT molecular complexity index is 600. The minimum atomic E-state index is -0.681. The summed E-state index contributed by atoms with van der Waals surface area (Å²) in [5.74, 6) is -1.64. The summed E-state index contributed by atoms with van der Waals surface area (Å²) in [4.78, 5) is 35.4. The zero-order valence-corrected chi connectivity index (χ0v) is 10.2. The molecule has 19 heavy (non-hydrogen) atoms. The van der Waals surface area contributed by atoms with Crippen LogP contribution in [-0.4, -0.2) is 17.3 Å². The maximum Gasteiger partial charge on any atom is 0.229 e. The first-order chi connectivity index (χ1) is 9.18. The third-order valence-electron chi connectivity index (χ3n) is 2.71. The summed E-state index contributed by atoms with van der Waals surface area (Å²) >= 11 is 0. The molecule has 0 fully saturated rings. The fraction of sp³-hybridized carbons (Fsp3) is 0.0625. The van der Waals surface area contributed by atoms with Crippen molar-refractivity contribution in [2.45, 2.75) is 6.42 Å². The van der Waals surface area contributed by atoms with E-state index in [0.29, 0.717) is 11.1 Å². The molecule has 94 valence electrons. The van der Waals surface area contributed by atoms with Crippen molar-refractivity contribution in [3.63, 3.8) is 0 Å². The van der Waals surface area contributed by atoms with Gasteiger partial charge in [0.1, 0.15) is 0 Å². The Morgan fingerprint density at radius 3 is 1.68 bits per heavy atom. The Balaban J connectivity index is 2.06. The molecule has 3 nitrogen and oxygen atoms in total. The summed E-state index contributed by atoms with van der Waals surface area (Å²) in [6, 6.07) is 16.7. The number of hydrogen-bond donors (Lipinski definition) is 0. The molecule has 0 bridgehead atoms. The molecule has 0 aliphatic heterocycles. The zero-order chi connectivity index (χ0) is 13.7. The second-order valence-electron chi connectivity index (χ2n) is 4.08. The molecule has 0 aliphatic rings. The molecule has 3 heteroatoms. The molecule has 2 aromatic rings. The van der Waals surface area contributed by atoms with Crippen molar-refractivity contribution in [3.05, 3.63) is 71.8 Å². The van der Waals surface area contributed by atoms with Crippen molar-refractivity contribution < 1.29 is 14.4 Å². The first-order valence-electron chi connectivity index (χ1n) is 5.89. The molecule has 0 radical (unpaired) electrons. The fourth-order valence-electron chi connectivity index (χ4n) is 1.70. The Labute approximate surface area is 110 Å². The normalized spacial score (nSPS) is 9.89. The Kier molecular flexibility index (Phi) is 3.98. The molecule has 0 aliphatic carbocycles. The van der Waals surface area contributed by atoms with Crippen LogP contribution in [0.4, 0.5) is 0 Å². The topological polar surface area (TPSA) is 51.2 Å². The second kappa shape index (κ2) is 5.87. The lowest BCUT2D eigenvalue weighted by Gasteiger charge is -2.00. The van der Waals surface area contributed by atoms with Crippen LogP contribution in [0, 0.1) is 0 Å². The Morgan fingerprint density at radius 2 is 1.16 bits per heavy atom. The highest BCUT2D eigenvalue weighted by Crippen LogP contribution is 2.07. The third-order valence-corrected chi connectivity index (χ3v) is 2.71. The van der Waals surface area contributed by atoms with Crippen LogP contribution in [0.1, 0.15) is 27.1 Å². The largest absolute Gasteiger partial charge is 0.294 e. The second-order valence-corrected chi connectivity index (χ2v) is 4.08. The average molecular weight is 252 g/mol. The molecule has 0 spiro atoms. The summed E-state index contributed by atoms with van der Waals surface area (Å²) in [6.07, 6.45) is -0.391. The number of rotatable bonds is 5. The first-order valence-corrected chi connectivity index (χ1v) is 5.89. The lowest BCUT2D eigenvalue weighted by molar-refractivity contribution is -0.114. The molecule has 0 N–H and O–H groups in total. The molecule has 0 amide bonds. The quantitative estimate of drug-likeness (QED) is 0.467. The molecule has 0 aromatic heterocycles. The van der Waals surface area contributed by atoms with Crippen LogP contribution in [0.25, 0.3) is 0 Å². The van der Waals surface area contributed by atoms with Crippen LogP contribution < -0.4 is 0 Å². The van der Waals surface area contributed by atoms with Gasteiger partial charge in [-0.15, -0.1) is 0 Å². The van der Waals surface area contributed by atoms with Crippen LogP contribution in [0.5, 0.6) is 0 Å². The van der Waals surface area contributed by atoms with E-state index in [-0.39, 0.29) is 5.78 Å². The lowest BCUT2D eigenvalue weighted by Crippen LogP contribution is -2.18. The predicted molar refractivity (Wildman–Crippen MR) is 71.2 cm³/mol. The highest BCUT2D eigenvalue weighted by molar-refractivity contribution is 6.46. The number of carbonyl (C=O) groups excluding carboxylic acids is 3. The Morgan fingerprint density at radius 1 is 0.684 bits per heavy atom. The van der Waals surface area contributed by atoms with E-state index < -0.39 is 18.0 Å². The third kappa shape index (κ3) is 3.22. The zero-order valence-electron chi connectivity index (χ0n) is 10.2. The predicted octanol–water partition coefficient (Wildman–Crippen LogP) is 2.71. The van der Waals surface area contributed by atoms with E-state index in [1.54, 1.807) is 60.7 Å². The van der Waals surface area contributed by atoms with E-state index in [1.807, 2.05) is 0 Å². The van der Waals surface area contributed by atoms with Gasteiger partial charge in [0.25, 0.3) is 0 Å². The van der Waals surface area contributed by atoms with Crippen molar-refractivity contribution in [1.82, 2.24) is 0 Å². The number of hydrogen-bond acceptors (Lipinski definition) is 3. The number of benzene rings is 2. The standard InChI is InChI=1S/C16H12O3/c17-14(12-7-3-1-4-8-12)11-15(18)16(19)13-9-5-2-6-10-13/h1-10H,11H2.